The number of amides is 3. The van der Waals surface area contributed by atoms with Gasteiger partial charge < -0.3 is 14.8 Å². The number of benzene rings is 2. The first-order valence-electron chi connectivity index (χ1n) is 8.93. The zero-order chi connectivity index (χ0) is 22.8. The van der Waals surface area contributed by atoms with E-state index in [1.54, 1.807) is 24.3 Å². The van der Waals surface area contributed by atoms with Crippen LogP contribution < -0.4 is 20.9 Å². The van der Waals surface area contributed by atoms with Crippen LogP contribution in [0.25, 0.3) is 0 Å². The molecule has 3 amide bonds. The Hall–Kier alpha value is -3.30. The highest BCUT2D eigenvalue weighted by atomic mass is 35.5. The third kappa shape index (κ3) is 7.80. The molecule has 164 valence electrons. The molecule has 2 aromatic carbocycles. The molecule has 11 heteroatoms. The van der Waals surface area contributed by atoms with Crippen LogP contribution in [0.5, 0.6) is 5.75 Å². The second kappa shape index (κ2) is 11.8. The van der Waals surface area contributed by atoms with E-state index in [-0.39, 0.29) is 23.4 Å². The highest BCUT2D eigenvalue weighted by Gasteiger charge is 2.14. The minimum Gasteiger partial charge on any atom is -0.495 e. The van der Waals surface area contributed by atoms with E-state index in [4.69, 9.17) is 32.7 Å². The third-order valence-corrected chi connectivity index (χ3v) is 4.35. The van der Waals surface area contributed by atoms with E-state index in [1.807, 2.05) is 0 Å². The Labute approximate surface area is 188 Å². The predicted molar refractivity (Wildman–Crippen MR) is 114 cm³/mol. The van der Waals surface area contributed by atoms with E-state index in [0.717, 1.165) is 0 Å². The van der Waals surface area contributed by atoms with Crippen LogP contribution in [-0.4, -0.2) is 37.4 Å². The first-order chi connectivity index (χ1) is 14.8. The fourth-order valence-electron chi connectivity index (χ4n) is 2.30. The number of rotatable bonds is 8. The van der Waals surface area contributed by atoms with Gasteiger partial charge in [-0.05, 0) is 30.3 Å². The maximum absolute atomic E-state index is 11.9. The van der Waals surface area contributed by atoms with Crippen LogP contribution >= 0.6 is 23.2 Å². The molecule has 0 radical (unpaired) electrons. The molecule has 0 saturated heterocycles. The van der Waals surface area contributed by atoms with Crippen LogP contribution in [0.4, 0.5) is 5.69 Å². The molecule has 2 aromatic rings. The van der Waals surface area contributed by atoms with Crippen LogP contribution in [0.2, 0.25) is 10.0 Å². The Bertz CT molecular complexity index is 983. The van der Waals surface area contributed by atoms with Crippen molar-refractivity contribution in [2.45, 2.75) is 12.8 Å². The van der Waals surface area contributed by atoms with Crippen LogP contribution in [0, 0.1) is 0 Å². The van der Waals surface area contributed by atoms with Gasteiger partial charge in [-0.15, -0.1) is 0 Å². The summed E-state index contributed by atoms with van der Waals surface area (Å²) in [4.78, 5) is 47.4. The van der Waals surface area contributed by atoms with Crippen molar-refractivity contribution in [2.24, 2.45) is 0 Å². The van der Waals surface area contributed by atoms with Crippen molar-refractivity contribution in [1.29, 1.82) is 0 Å². The minimum atomic E-state index is -0.763. The standard InChI is InChI=1S/C20H19Cl2N3O6/c1-30-16-7-6-12(21)10-15(16)23-18(27)11-31-19(28)9-8-17(26)24-25-20(29)13-4-2-3-5-14(13)22/h2-7,10H,8-9,11H2,1H3,(H,23,27)(H,24,26)(H,25,29). The van der Waals surface area contributed by atoms with Gasteiger partial charge in [0, 0.05) is 11.4 Å². The monoisotopic (exact) mass is 467 g/mol. The normalized spacial score (nSPS) is 10.0. The molecule has 31 heavy (non-hydrogen) atoms. The second-order valence-electron chi connectivity index (χ2n) is 6.04. The molecular formula is C20H19Cl2N3O6. The lowest BCUT2D eigenvalue weighted by molar-refractivity contribution is -0.148. The van der Waals surface area contributed by atoms with E-state index < -0.39 is 30.3 Å². The zero-order valence-corrected chi connectivity index (χ0v) is 17.9. The van der Waals surface area contributed by atoms with Gasteiger partial charge in [0.05, 0.1) is 29.8 Å². The summed E-state index contributed by atoms with van der Waals surface area (Å²) < 4.78 is 9.93. The molecule has 0 bridgehead atoms. The van der Waals surface area contributed by atoms with Gasteiger partial charge in [-0.2, -0.15) is 0 Å². The molecule has 0 aliphatic carbocycles. The predicted octanol–water partition coefficient (Wildman–Crippen LogP) is 2.73. The molecule has 0 atom stereocenters. The highest BCUT2D eigenvalue weighted by molar-refractivity contribution is 6.33. The van der Waals surface area contributed by atoms with Crippen molar-refractivity contribution >= 4 is 52.6 Å². The van der Waals surface area contributed by atoms with Gasteiger partial charge in [-0.3, -0.25) is 30.0 Å². The maximum atomic E-state index is 11.9. The number of hydrogen-bond acceptors (Lipinski definition) is 6. The summed E-state index contributed by atoms with van der Waals surface area (Å²) in [5.74, 6) is -2.20. The summed E-state index contributed by atoms with van der Waals surface area (Å²) in [6.07, 6.45) is -0.549. The first-order valence-corrected chi connectivity index (χ1v) is 9.68. The van der Waals surface area contributed by atoms with Gasteiger partial charge in [0.25, 0.3) is 11.8 Å². The van der Waals surface area contributed by atoms with Crippen molar-refractivity contribution < 1.29 is 28.7 Å². The van der Waals surface area contributed by atoms with Gasteiger partial charge in [0.15, 0.2) is 6.61 Å². The number of anilines is 1. The SMILES string of the molecule is COc1ccc(Cl)cc1NC(=O)COC(=O)CCC(=O)NNC(=O)c1ccccc1Cl. The molecule has 0 fully saturated rings. The Morgan fingerprint density at radius 3 is 2.39 bits per heavy atom. The summed E-state index contributed by atoms with van der Waals surface area (Å²) in [7, 11) is 1.43. The topological polar surface area (TPSA) is 123 Å². The number of halogens is 2. The Morgan fingerprint density at radius 2 is 1.68 bits per heavy atom. The zero-order valence-electron chi connectivity index (χ0n) is 16.4. The third-order valence-electron chi connectivity index (χ3n) is 3.79. The lowest BCUT2D eigenvalue weighted by Gasteiger charge is -2.11. The van der Waals surface area contributed by atoms with Crippen LogP contribution in [0.3, 0.4) is 0 Å². The van der Waals surface area contributed by atoms with Crippen molar-refractivity contribution in [2.75, 3.05) is 19.0 Å². The number of nitrogens with one attached hydrogen (secondary N) is 3. The Balaban J connectivity index is 1.70. The van der Waals surface area contributed by atoms with Crippen molar-refractivity contribution in [1.82, 2.24) is 10.9 Å². The molecule has 3 N–H and O–H groups in total. The number of carbonyl (C=O) groups is 4. The van der Waals surface area contributed by atoms with E-state index in [1.165, 1.54) is 25.3 Å². The minimum absolute atomic E-state index is 0.186. The molecule has 0 unspecified atom stereocenters. The van der Waals surface area contributed by atoms with Gasteiger partial charge in [-0.25, -0.2) is 0 Å². The molecule has 9 nitrogen and oxygen atoms in total. The highest BCUT2D eigenvalue weighted by Crippen LogP contribution is 2.27. The molecule has 2 rings (SSSR count). The number of ether oxygens (including phenoxy) is 2. The quantitative estimate of drug-likeness (QED) is 0.405. The van der Waals surface area contributed by atoms with Crippen molar-refractivity contribution in [3.63, 3.8) is 0 Å². The number of methoxy groups -OCH3 is 1. The lowest BCUT2D eigenvalue weighted by Crippen LogP contribution is -2.41. The number of carbonyl (C=O) groups excluding carboxylic acids is 4. The van der Waals surface area contributed by atoms with Crippen LogP contribution in [-0.2, 0) is 19.1 Å². The van der Waals surface area contributed by atoms with Gasteiger partial charge in [-0.1, -0.05) is 35.3 Å². The fraction of sp³-hybridized carbons (Fsp3) is 0.200. The van der Waals surface area contributed by atoms with E-state index in [0.29, 0.717) is 16.5 Å². The number of hydrogen-bond donors (Lipinski definition) is 3. The van der Waals surface area contributed by atoms with Crippen LogP contribution in [0.15, 0.2) is 42.5 Å². The van der Waals surface area contributed by atoms with E-state index >= 15 is 0 Å². The average Bonchev–Trinajstić information content (AvgIpc) is 2.75. The van der Waals surface area contributed by atoms with Crippen molar-refractivity contribution in [3.05, 3.63) is 58.1 Å². The summed E-state index contributed by atoms with van der Waals surface area (Å²) in [5.41, 5.74) is 4.87. The van der Waals surface area contributed by atoms with E-state index in [2.05, 4.69) is 16.2 Å². The van der Waals surface area contributed by atoms with Gasteiger partial charge in [0.1, 0.15) is 5.75 Å². The number of esters is 1. The van der Waals surface area contributed by atoms with Crippen LogP contribution in [0.1, 0.15) is 23.2 Å². The Morgan fingerprint density at radius 1 is 0.935 bits per heavy atom. The lowest BCUT2D eigenvalue weighted by atomic mass is 10.2. The van der Waals surface area contributed by atoms with Gasteiger partial charge >= 0.3 is 5.97 Å². The largest absolute Gasteiger partial charge is 0.495 e. The van der Waals surface area contributed by atoms with Crippen molar-refractivity contribution in [3.8, 4) is 5.75 Å². The number of hydrazine groups is 1. The maximum Gasteiger partial charge on any atom is 0.306 e. The summed E-state index contributed by atoms with van der Waals surface area (Å²) in [6, 6.07) is 11.0. The first kappa shape index (κ1) is 24.0. The molecule has 0 heterocycles. The molecule has 0 spiro atoms. The molecule has 0 aliphatic rings. The summed E-state index contributed by atoms with van der Waals surface area (Å²) in [5, 5.41) is 3.13. The summed E-state index contributed by atoms with van der Waals surface area (Å²) in [6.45, 7) is -0.556. The Kier molecular flexibility index (Phi) is 9.11. The fourth-order valence-corrected chi connectivity index (χ4v) is 2.69. The smallest absolute Gasteiger partial charge is 0.306 e. The second-order valence-corrected chi connectivity index (χ2v) is 6.88. The average molecular weight is 468 g/mol. The molecular weight excluding hydrogens is 449 g/mol. The summed E-state index contributed by atoms with van der Waals surface area (Å²) >= 11 is 11.8. The molecule has 0 saturated carbocycles. The molecule has 0 aliphatic heterocycles. The van der Waals surface area contributed by atoms with Gasteiger partial charge in [0.2, 0.25) is 5.91 Å². The van der Waals surface area contributed by atoms with E-state index in [9.17, 15) is 19.2 Å². The molecule has 0 aromatic heterocycles.